The number of amides is 1. The van der Waals surface area contributed by atoms with Crippen LogP contribution < -0.4 is 0 Å². The van der Waals surface area contributed by atoms with E-state index in [9.17, 15) is 9.90 Å². The van der Waals surface area contributed by atoms with Gasteiger partial charge in [0.05, 0.1) is 5.56 Å². The number of carbonyl (C=O) groups excluding carboxylic acids is 1. The third-order valence-electron chi connectivity index (χ3n) is 4.11. The fourth-order valence-electron chi connectivity index (χ4n) is 2.95. The molecule has 2 heterocycles. The predicted molar refractivity (Wildman–Crippen MR) is 83.4 cm³/mol. The van der Waals surface area contributed by atoms with Crippen molar-refractivity contribution in [2.45, 2.75) is 13.1 Å². The van der Waals surface area contributed by atoms with Crippen molar-refractivity contribution in [1.29, 1.82) is 0 Å². The number of aromatic hydroxyl groups is 1. The van der Waals surface area contributed by atoms with Crippen LogP contribution in [0, 0.1) is 0 Å². The Morgan fingerprint density at radius 1 is 1.00 bits per heavy atom. The van der Waals surface area contributed by atoms with E-state index in [1.165, 1.54) is 0 Å². The van der Waals surface area contributed by atoms with Crippen LogP contribution in [-0.4, -0.2) is 20.9 Å². The number of nitrogens with zero attached hydrogens (tertiary/aromatic N) is 2. The van der Waals surface area contributed by atoms with Gasteiger partial charge < -0.3 is 10.0 Å². The normalized spacial score (nSPS) is 13.4. The van der Waals surface area contributed by atoms with E-state index in [-0.39, 0.29) is 11.7 Å². The fraction of sp³-hybridized carbons (Fsp3) is 0.111. The van der Waals surface area contributed by atoms with E-state index in [4.69, 9.17) is 0 Å². The first-order valence-corrected chi connectivity index (χ1v) is 7.17. The molecule has 4 rings (SSSR count). The highest BCUT2D eigenvalue weighted by atomic mass is 16.3. The van der Waals surface area contributed by atoms with Crippen molar-refractivity contribution in [1.82, 2.24) is 9.88 Å². The van der Waals surface area contributed by atoms with Crippen molar-refractivity contribution in [2.24, 2.45) is 0 Å². The Kier molecular flexibility index (Phi) is 2.82. The second kappa shape index (κ2) is 4.84. The summed E-state index contributed by atoms with van der Waals surface area (Å²) in [4.78, 5) is 18.6. The molecule has 108 valence electrons. The molecule has 0 unspecified atom stereocenters. The maximum Gasteiger partial charge on any atom is 0.258 e. The lowest BCUT2D eigenvalue weighted by molar-refractivity contribution is 0.0748. The van der Waals surface area contributed by atoms with E-state index in [0.29, 0.717) is 24.2 Å². The van der Waals surface area contributed by atoms with Crippen LogP contribution in [0.1, 0.15) is 21.5 Å². The number of carbonyl (C=O) groups is 1. The van der Waals surface area contributed by atoms with E-state index >= 15 is 0 Å². The second-order valence-corrected chi connectivity index (χ2v) is 5.47. The number of phenolic OH excluding ortho intramolecular Hbond substituents is 1. The van der Waals surface area contributed by atoms with Crippen LogP contribution in [0.4, 0.5) is 0 Å². The highest BCUT2D eigenvalue weighted by Crippen LogP contribution is 2.30. The van der Waals surface area contributed by atoms with E-state index < -0.39 is 0 Å². The summed E-state index contributed by atoms with van der Waals surface area (Å²) >= 11 is 0. The SMILES string of the molecule is O=C(c1ccc2cccnc2c1O)N1Cc2ccccc2C1. The zero-order valence-corrected chi connectivity index (χ0v) is 11.9. The molecule has 0 spiro atoms. The van der Waals surface area contributed by atoms with Gasteiger partial charge in [-0.05, 0) is 23.3 Å². The minimum absolute atomic E-state index is 0.0425. The van der Waals surface area contributed by atoms with E-state index in [2.05, 4.69) is 4.98 Å². The minimum atomic E-state index is -0.166. The van der Waals surface area contributed by atoms with Crippen LogP contribution in [0.5, 0.6) is 5.75 Å². The molecule has 0 atom stereocenters. The number of pyridine rings is 1. The Balaban J connectivity index is 1.71. The average molecular weight is 290 g/mol. The van der Waals surface area contributed by atoms with Crippen molar-refractivity contribution >= 4 is 16.8 Å². The number of hydrogen-bond acceptors (Lipinski definition) is 3. The van der Waals surface area contributed by atoms with Crippen LogP contribution in [0.15, 0.2) is 54.7 Å². The van der Waals surface area contributed by atoms with Crippen LogP contribution in [0.3, 0.4) is 0 Å². The molecule has 4 heteroatoms. The first-order chi connectivity index (χ1) is 10.7. The number of fused-ring (bicyclic) bond motifs is 2. The number of aromatic nitrogens is 1. The molecule has 2 aromatic carbocycles. The molecule has 4 nitrogen and oxygen atoms in total. The van der Waals surface area contributed by atoms with Gasteiger partial charge in [-0.3, -0.25) is 9.78 Å². The number of hydrogen-bond donors (Lipinski definition) is 1. The van der Waals surface area contributed by atoms with Gasteiger partial charge in [-0.2, -0.15) is 0 Å². The molecule has 0 saturated heterocycles. The second-order valence-electron chi connectivity index (χ2n) is 5.47. The molecule has 1 amide bonds. The van der Waals surface area contributed by atoms with Crippen LogP contribution in [0.2, 0.25) is 0 Å². The smallest absolute Gasteiger partial charge is 0.258 e. The monoisotopic (exact) mass is 290 g/mol. The lowest BCUT2D eigenvalue weighted by atomic mass is 10.1. The molecule has 0 radical (unpaired) electrons. The van der Waals surface area contributed by atoms with Crippen molar-refractivity contribution in [3.05, 3.63) is 71.4 Å². The van der Waals surface area contributed by atoms with Crippen molar-refractivity contribution < 1.29 is 9.90 Å². The van der Waals surface area contributed by atoms with Gasteiger partial charge >= 0.3 is 0 Å². The van der Waals surface area contributed by atoms with Gasteiger partial charge in [0.1, 0.15) is 5.52 Å². The summed E-state index contributed by atoms with van der Waals surface area (Å²) < 4.78 is 0. The molecule has 1 aliphatic heterocycles. The third kappa shape index (κ3) is 1.92. The first kappa shape index (κ1) is 12.8. The van der Waals surface area contributed by atoms with Crippen LogP contribution in [-0.2, 0) is 13.1 Å². The Labute approximate surface area is 127 Å². The Morgan fingerprint density at radius 2 is 1.73 bits per heavy atom. The van der Waals surface area contributed by atoms with E-state index in [0.717, 1.165) is 16.5 Å². The van der Waals surface area contributed by atoms with Crippen LogP contribution >= 0.6 is 0 Å². The van der Waals surface area contributed by atoms with Gasteiger partial charge in [0.2, 0.25) is 0 Å². The zero-order chi connectivity index (χ0) is 15.1. The summed E-state index contributed by atoms with van der Waals surface area (Å²) in [5, 5.41) is 11.2. The predicted octanol–water partition coefficient (Wildman–Crippen LogP) is 3.10. The van der Waals surface area contributed by atoms with Gasteiger partial charge in [0.15, 0.2) is 5.75 Å². The maximum atomic E-state index is 12.7. The molecule has 3 aromatic rings. The van der Waals surface area contributed by atoms with Crippen molar-refractivity contribution in [2.75, 3.05) is 0 Å². The molecule has 1 N–H and O–H groups in total. The summed E-state index contributed by atoms with van der Waals surface area (Å²) in [5.41, 5.74) is 3.09. The number of benzene rings is 2. The van der Waals surface area contributed by atoms with E-state index in [1.54, 1.807) is 23.2 Å². The summed E-state index contributed by atoms with van der Waals surface area (Å²) in [5.74, 6) is -0.208. The summed E-state index contributed by atoms with van der Waals surface area (Å²) in [6, 6.07) is 15.2. The van der Waals surface area contributed by atoms with Gasteiger partial charge in [-0.25, -0.2) is 0 Å². The number of phenols is 1. The third-order valence-corrected chi connectivity index (χ3v) is 4.11. The minimum Gasteiger partial charge on any atom is -0.505 e. The first-order valence-electron chi connectivity index (χ1n) is 7.17. The molecule has 0 aliphatic carbocycles. The summed E-state index contributed by atoms with van der Waals surface area (Å²) in [7, 11) is 0. The summed E-state index contributed by atoms with van der Waals surface area (Å²) in [6.07, 6.45) is 1.61. The van der Waals surface area contributed by atoms with Crippen molar-refractivity contribution in [3.8, 4) is 5.75 Å². The Hall–Kier alpha value is -2.88. The molecular weight excluding hydrogens is 276 g/mol. The molecule has 22 heavy (non-hydrogen) atoms. The molecule has 0 saturated carbocycles. The fourth-order valence-corrected chi connectivity index (χ4v) is 2.95. The zero-order valence-electron chi connectivity index (χ0n) is 11.9. The topological polar surface area (TPSA) is 53.4 Å². The van der Waals surface area contributed by atoms with Gasteiger partial charge in [-0.15, -0.1) is 0 Å². The van der Waals surface area contributed by atoms with Crippen molar-refractivity contribution in [3.63, 3.8) is 0 Å². The van der Waals surface area contributed by atoms with Gasteiger partial charge in [0.25, 0.3) is 5.91 Å². The molecule has 0 fully saturated rings. The average Bonchev–Trinajstić information content (AvgIpc) is 2.99. The largest absolute Gasteiger partial charge is 0.505 e. The quantitative estimate of drug-likeness (QED) is 0.749. The van der Waals surface area contributed by atoms with Gasteiger partial charge in [-0.1, -0.05) is 36.4 Å². The highest BCUT2D eigenvalue weighted by molar-refractivity contribution is 6.02. The molecule has 1 aliphatic rings. The molecule has 0 bridgehead atoms. The Bertz CT molecular complexity index is 864. The molecular formula is C18H14N2O2. The Morgan fingerprint density at radius 3 is 2.45 bits per heavy atom. The highest BCUT2D eigenvalue weighted by Gasteiger charge is 2.26. The lowest BCUT2D eigenvalue weighted by Crippen LogP contribution is -2.25. The standard InChI is InChI=1S/C18H14N2O2/c21-17-15(8-7-12-6-3-9-19-16(12)17)18(22)20-10-13-4-1-2-5-14(13)11-20/h1-9,21H,10-11H2. The molecule has 1 aromatic heterocycles. The maximum absolute atomic E-state index is 12.7. The summed E-state index contributed by atoms with van der Waals surface area (Å²) in [6.45, 7) is 1.16. The van der Waals surface area contributed by atoms with Gasteiger partial charge in [0, 0.05) is 24.7 Å². The number of rotatable bonds is 1. The van der Waals surface area contributed by atoms with E-state index in [1.807, 2.05) is 36.4 Å². The lowest BCUT2D eigenvalue weighted by Gasteiger charge is -2.16. The van der Waals surface area contributed by atoms with Crippen LogP contribution in [0.25, 0.3) is 10.9 Å².